The van der Waals surface area contributed by atoms with Crippen LogP contribution >= 0.6 is 12.0 Å². The second kappa shape index (κ2) is 14.2. The number of carbonyl (C=O) groups excluding carboxylic acids is 1. The van der Waals surface area contributed by atoms with Gasteiger partial charge in [-0.25, -0.2) is 5.26 Å². The third kappa shape index (κ3) is 7.89. The average Bonchev–Trinajstić information content (AvgIpc) is 3.45. The minimum Gasteiger partial charge on any atom is -0.439 e. The summed E-state index contributed by atoms with van der Waals surface area (Å²) < 4.78 is 51.7. The largest absolute Gasteiger partial charge is 0.439 e. The summed E-state index contributed by atoms with van der Waals surface area (Å²) in [5, 5.41) is 14.8. The maximum atomic E-state index is 11.9. The van der Waals surface area contributed by atoms with Gasteiger partial charge >= 0.3 is 5.89 Å². The Bertz CT molecular complexity index is 1600. The van der Waals surface area contributed by atoms with E-state index in [0.717, 1.165) is 29.6 Å². The number of rotatable bonds is 14. The second-order valence-corrected chi connectivity index (χ2v) is 11.7. The van der Waals surface area contributed by atoms with E-state index in [0.29, 0.717) is 72.6 Å². The Morgan fingerprint density at radius 2 is 2.02 bits per heavy atom. The molecule has 0 fully saturated rings. The summed E-state index contributed by atoms with van der Waals surface area (Å²) in [6.07, 6.45) is 6.18. The van der Waals surface area contributed by atoms with E-state index in [2.05, 4.69) is 14.7 Å². The van der Waals surface area contributed by atoms with Gasteiger partial charge in [-0.15, -0.1) is 4.33 Å². The third-order valence-corrected chi connectivity index (χ3v) is 7.88. The fourth-order valence-corrected chi connectivity index (χ4v) is 5.31. The van der Waals surface area contributed by atoms with Crippen molar-refractivity contribution in [3.05, 3.63) is 59.8 Å². The van der Waals surface area contributed by atoms with E-state index in [4.69, 9.17) is 20.1 Å². The number of hydrogen-bond donors (Lipinski definition) is 4. The van der Waals surface area contributed by atoms with Gasteiger partial charge in [0.2, 0.25) is 17.4 Å². The minimum absolute atomic E-state index is 0.0457. The van der Waals surface area contributed by atoms with Crippen molar-refractivity contribution < 1.29 is 46.1 Å². The molecule has 1 aliphatic rings. The van der Waals surface area contributed by atoms with Gasteiger partial charge in [0, 0.05) is 43.1 Å². The van der Waals surface area contributed by atoms with Gasteiger partial charge in [-0.05, 0) is 55.7 Å². The lowest BCUT2D eigenvalue weighted by molar-refractivity contribution is -0.652. The number of allylic oxidation sites excluding steroid dienone is 2. The Morgan fingerprint density at radius 3 is 2.76 bits per heavy atom. The van der Waals surface area contributed by atoms with Crippen molar-refractivity contribution >= 4 is 50.9 Å². The molecular weight excluding hydrogens is 588 g/mol. The first-order valence-electron chi connectivity index (χ1n) is 13.1. The third-order valence-electron chi connectivity index (χ3n) is 6.45. The first kappa shape index (κ1) is 31.5. The highest BCUT2D eigenvalue weighted by Gasteiger charge is 2.28. The number of nitrogens with two attached hydrogens (primary N) is 1. The second-order valence-electron chi connectivity index (χ2n) is 9.53. The summed E-state index contributed by atoms with van der Waals surface area (Å²) in [6, 6.07) is 9.53. The molecule has 0 bridgehead atoms. The zero-order valence-electron chi connectivity index (χ0n) is 23.1. The van der Waals surface area contributed by atoms with E-state index >= 15 is 0 Å². The van der Waals surface area contributed by atoms with Crippen LogP contribution in [-0.2, 0) is 31.3 Å². The van der Waals surface area contributed by atoms with Crippen LogP contribution in [0.4, 0.5) is 5.69 Å². The summed E-state index contributed by atoms with van der Waals surface area (Å²) in [6.45, 7) is 3.20. The predicted octanol–water partition coefficient (Wildman–Crippen LogP) is 3.71. The summed E-state index contributed by atoms with van der Waals surface area (Å²) in [4.78, 5) is 14.2. The lowest BCUT2D eigenvalue weighted by Gasteiger charge is -2.18. The molecule has 1 aromatic heterocycles. The molecule has 1 aliphatic heterocycles. The number of anilines is 1. The zero-order chi connectivity index (χ0) is 30.3. The van der Waals surface area contributed by atoms with Gasteiger partial charge in [0.15, 0.2) is 5.75 Å². The molecule has 1 amide bonds. The van der Waals surface area contributed by atoms with Crippen LogP contribution in [0.25, 0.3) is 17.2 Å². The molecule has 42 heavy (non-hydrogen) atoms. The van der Waals surface area contributed by atoms with Crippen molar-refractivity contribution in [1.29, 1.82) is 0 Å². The van der Waals surface area contributed by atoms with E-state index in [-0.39, 0.29) is 10.8 Å². The number of hydrogen-bond acceptors (Lipinski definition) is 11. The number of aromatic nitrogens is 1. The van der Waals surface area contributed by atoms with Gasteiger partial charge < -0.3 is 25.1 Å². The van der Waals surface area contributed by atoms with E-state index in [1.165, 1.54) is 18.2 Å². The molecule has 0 saturated carbocycles. The molecule has 4 rings (SSSR count). The molecule has 15 heteroatoms. The standard InChI is InChI=1S/C27H32N4O9S2/c1-18(14-26-30(2)21-16-19(41-40-39-33)7-9-23(21)37-26)15-27-31(13-5-3-4-6-25(32)29-12-11-28)22-17-20(42(34,35)36)8-10-24(22)38-27/h7-10,14-17H,3-6,11-13,28H2,1-2H3,(H2-,29,32,33,34,35,36)/p+1. The molecule has 2 heterocycles. The summed E-state index contributed by atoms with van der Waals surface area (Å²) >= 11 is 0.847. The number of unbranched alkanes of at least 4 members (excludes halogenated alkanes) is 2. The molecule has 0 saturated heterocycles. The van der Waals surface area contributed by atoms with Crippen molar-refractivity contribution in [1.82, 2.24) is 5.32 Å². The highest BCUT2D eigenvalue weighted by Crippen LogP contribution is 2.41. The molecule has 226 valence electrons. The van der Waals surface area contributed by atoms with Gasteiger partial charge in [0.05, 0.1) is 28.7 Å². The van der Waals surface area contributed by atoms with Crippen molar-refractivity contribution in [2.45, 2.75) is 42.4 Å². The maximum absolute atomic E-state index is 11.9. The van der Waals surface area contributed by atoms with Gasteiger partial charge in [-0.1, -0.05) is 11.5 Å². The highest BCUT2D eigenvalue weighted by molar-refractivity contribution is 7.94. The van der Waals surface area contributed by atoms with Crippen LogP contribution in [0.2, 0.25) is 0 Å². The van der Waals surface area contributed by atoms with Gasteiger partial charge in [0.1, 0.15) is 7.05 Å². The van der Waals surface area contributed by atoms with Gasteiger partial charge in [-0.2, -0.15) is 13.0 Å². The lowest BCUT2D eigenvalue weighted by atomic mass is 10.1. The van der Waals surface area contributed by atoms with Crippen LogP contribution in [0.1, 0.15) is 38.5 Å². The van der Waals surface area contributed by atoms with E-state index < -0.39 is 10.1 Å². The van der Waals surface area contributed by atoms with Crippen molar-refractivity contribution in [3.63, 3.8) is 0 Å². The Labute approximate surface area is 247 Å². The fourth-order valence-electron chi connectivity index (χ4n) is 4.42. The number of aryl methyl sites for hydroxylation is 1. The summed E-state index contributed by atoms with van der Waals surface area (Å²) in [7, 11) is -2.57. The first-order chi connectivity index (χ1) is 20.1. The number of carbonyl (C=O) groups is 1. The normalized spacial score (nSPS) is 14.5. The van der Waals surface area contributed by atoms with Crippen LogP contribution in [0.3, 0.4) is 0 Å². The number of nitrogens with one attached hydrogen (secondary N) is 1. The van der Waals surface area contributed by atoms with E-state index in [1.807, 2.05) is 41.7 Å². The highest BCUT2D eigenvalue weighted by atomic mass is 32.2. The molecule has 3 aromatic rings. The minimum atomic E-state index is -4.41. The molecule has 5 N–H and O–H groups in total. The summed E-state index contributed by atoms with van der Waals surface area (Å²) in [5.74, 6) is 1.45. The molecule has 0 radical (unpaired) electrons. The number of nitrogens with zero attached hydrogens (tertiary/aromatic N) is 2. The smallest absolute Gasteiger partial charge is 0.374 e. The quantitative estimate of drug-likeness (QED) is 0.0513. The van der Waals surface area contributed by atoms with Gasteiger partial charge in [0.25, 0.3) is 15.6 Å². The number of benzene rings is 2. The topological polar surface area (TPSA) is 178 Å². The first-order valence-corrected chi connectivity index (χ1v) is 15.3. The Hall–Kier alpha value is -3.44. The maximum Gasteiger partial charge on any atom is 0.374 e. The Balaban J connectivity index is 1.55. The van der Waals surface area contributed by atoms with Crippen LogP contribution in [0.5, 0.6) is 5.75 Å². The lowest BCUT2D eigenvalue weighted by Crippen LogP contribution is -2.29. The number of oxazole rings is 1. The molecule has 0 spiro atoms. The Kier molecular flexibility index (Phi) is 10.6. The molecule has 13 nitrogen and oxygen atoms in total. The summed E-state index contributed by atoms with van der Waals surface area (Å²) in [5.41, 5.74) is 8.14. The molecule has 0 unspecified atom stereocenters. The predicted molar refractivity (Wildman–Crippen MR) is 155 cm³/mol. The van der Waals surface area contributed by atoms with Crippen LogP contribution < -0.4 is 25.3 Å². The van der Waals surface area contributed by atoms with Crippen molar-refractivity contribution in [2.24, 2.45) is 12.8 Å². The fraction of sp³-hybridized carbons (Fsp3) is 0.333. The van der Waals surface area contributed by atoms with Crippen LogP contribution in [0.15, 0.2) is 68.1 Å². The monoisotopic (exact) mass is 621 g/mol. The number of ether oxygens (including phenoxy) is 1. The zero-order valence-corrected chi connectivity index (χ0v) is 24.7. The molecule has 0 atom stereocenters. The van der Waals surface area contributed by atoms with Crippen LogP contribution in [0, 0.1) is 0 Å². The van der Waals surface area contributed by atoms with Crippen LogP contribution in [-0.4, -0.2) is 43.8 Å². The van der Waals surface area contributed by atoms with E-state index in [9.17, 15) is 17.8 Å². The van der Waals surface area contributed by atoms with E-state index in [1.54, 1.807) is 12.1 Å². The molecule has 0 aliphatic carbocycles. The number of fused-ring (bicyclic) bond motifs is 2. The van der Waals surface area contributed by atoms with Crippen molar-refractivity contribution in [2.75, 3.05) is 24.5 Å². The SMILES string of the molecule is CC(=Cc1oc2ccc(SOOO)cc2[n+]1C)C=C1Oc2ccc(S(=O)(=O)O)cc2N1CCCCCC(=O)NCCN. The van der Waals surface area contributed by atoms with Gasteiger partial charge in [-0.3, -0.25) is 9.35 Å². The van der Waals surface area contributed by atoms with Crippen molar-refractivity contribution in [3.8, 4) is 5.75 Å². The Morgan fingerprint density at radius 1 is 1.21 bits per heavy atom. The number of amides is 1. The molecular formula is C27H33N4O9S2+. The molecule has 2 aromatic carbocycles. The average molecular weight is 622 g/mol.